The van der Waals surface area contributed by atoms with E-state index in [1.54, 1.807) is 0 Å². The Hall–Kier alpha value is -1.87. The number of aliphatic imine (C=N–C) groups is 1. The summed E-state index contributed by atoms with van der Waals surface area (Å²) in [5.41, 5.74) is 2.54. The van der Waals surface area contributed by atoms with Crippen LogP contribution in [-0.2, 0) is 0 Å². The van der Waals surface area contributed by atoms with Gasteiger partial charge in [-0.2, -0.15) is 0 Å². The van der Waals surface area contributed by atoms with Gasteiger partial charge in [-0.05, 0) is 27.1 Å². The number of hydrogen-bond donors (Lipinski definition) is 0. The van der Waals surface area contributed by atoms with Crippen LogP contribution in [-0.4, -0.2) is 17.8 Å². The number of allylic oxidation sites excluding steroid dienone is 1. The lowest BCUT2D eigenvalue weighted by atomic mass is 9.97. The highest BCUT2D eigenvalue weighted by atomic mass is 79.9. The van der Waals surface area contributed by atoms with Gasteiger partial charge in [0, 0.05) is 12.4 Å². The van der Waals surface area contributed by atoms with Crippen LogP contribution in [0.15, 0.2) is 76.3 Å². The summed E-state index contributed by atoms with van der Waals surface area (Å²) in [5.74, 6) is 0. The molecule has 1 heterocycles. The van der Waals surface area contributed by atoms with E-state index in [1.807, 2.05) is 18.3 Å². The van der Waals surface area contributed by atoms with Crippen LogP contribution < -0.4 is 0 Å². The molecule has 0 spiro atoms. The first-order valence-electron chi connectivity index (χ1n) is 6.57. The zero-order chi connectivity index (χ0) is 13.8. The van der Waals surface area contributed by atoms with Crippen LogP contribution in [0.4, 0.5) is 0 Å². The highest BCUT2D eigenvalue weighted by Crippen LogP contribution is 2.30. The van der Waals surface area contributed by atoms with Crippen molar-refractivity contribution in [2.24, 2.45) is 4.99 Å². The lowest BCUT2D eigenvalue weighted by Gasteiger charge is -2.31. The summed E-state index contributed by atoms with van der Waals surface area (Å²) in [4.78, 5) is 6.64. The van der Waals surface area contributed by atoms with Crippen molar-refractivity contribution in [1.29, 1.82) is 0 Å². The molecule has 0 fully saturated rings. The first-order valence-corrected chi connectivity index (χ1v) is 7.37. The molecular weight excluding hydrogens is 312 g/mol. The second-order valence-corrected chi connectivity index (χ2v) is 5.62. The molecule has 0 radical (unpaired) electrons. The van der Waals surface area contributed by atoms with Gasteiger partial charge in [-0.3, -0.25) is 4.99 Å². The molecule has 3 rings (SSSR count). The number of halogens is 1. The Balaban J connectivity index is 2.03. The molecule has 100 valence electrons. The summed E-state index contributed by atoms with van der Waals surface area (Å²) in [6.45, 7) is 0.670. The molecule has 1 aliphatic rings. The van der Waals surface area contributed by atoms with Gasteiger partial charge in [0.05, 0.1) is 10.5 Å². The van der Waals surface area contributed by atoms with Crippen LogP contribution >= 0.6 is 15.9 Å². The molecule has 3 heteroatoms. The average molecular weight is 327 g/mol. The fraction of sp³-hybridized carbons (Fsp3) is 0.118. The number of hydrogen-bond acceptors (Lipinski definition) is 2. The summed E-state index contributed by atoms with van der Waals surface area (Å²) in [6.07, 6.45) is 3.96. The zero-order valence-corrected chi connectivity index (χ0v) is 12.6. The van der Waals surface area contributed by atoms with E-state index >= 15 is 0 Å². The summed E-state index contributed by atoms with van der Waals surface area (Å²) < 4.78 is 1.00. The van der Waals surface area contributed by atoms with E-state index in [2.05, 4.69) is 80.6 Å². The van der Waals surface area contributed by atoms with Gasteiger partial charge in [0.1, 0.15) is 6.67 Å². The molecule has 2 aromatic carbocycles. The Kier molecular flexibility index (Phi) is 3.97. The predicted molar refractivity (Wildman–Crippen MR) is 86.9 cm³/mol. The van der Waals surface area contributed by atoms with E-state index in [1.165, 1.54) is 11.1 Å². The van der Waals surface area contributed by atoms with Crippen molar-refractivity contribution in [3.8, 4) is 0 Å². The van der Waals surface area contributed by atoms with Gasteiger partial charge < -0.3 is 4.90 Å². The second-order valence-electron chi connectivity index (χ2n) is 4.71. The Bertz CT molecular complexity index is 580. The van der Waals surface area contributed by atoms with E-state index in [9.17, 15) is 0 Å². The zero-order valence-electron chi connectivity index (χ0n) is 11.0. The summed E-state index contributed by atoms with van der Waals surface area (Å²) in [7, 11) is 0. The molecule has 0 N–H and O–H groups in total. The van der Waals surface area contributed by atoms with Crippen LogP contribution in [0.3, 0.4) is 0 Å². The molecule has 0 aliphatic carbocycles. The molecule has 0 amide bonds. The van der Waals surface area contributed by atoms with Gasteiger partial charge in [-0.15, -0.1) is 0 Å². The van der Waals surface area contributed by atoms with Crippen molar-refractivity contribution < 1.29 is 0 Å². The van der Waals surface area contributed by atoms with Gasteiger partial charge in [-0.1, -0.05) is 60.7 Å². The second kappa shape index (κ2) is 6.06. The molecule has 0 bridgehead atoms. The number of nitrogens with zero attached hydrogens (tertiary/aromatic N) is 2. The third-order valence-corrected chi connectivity index (χ3v) is 3.72. The predicted octanol–water partition coefficient (Wildman–Crippen LogP) is 4.36. The van der Waals surface area contributed by atoms with Crippen LogP contribution in [0.25, 0.3) is 0 Å². The van der Waals surface area contributed by atoms with Crippen molar-refractivity contribution in [2.45, 2.75) is 6.04 Å². The normalized spacial score (nSPS) is 14.5. The summed E-state index contributed by atoms with van der Waals surface area (Å²) in [5, 5.41) is 0. The Morgan fingerprint density at radius 2 is 1.45 bits per heavy atom. The fourth-order valence-corrected chi connectivity index (χ4v) is 2.86. The maximum Gasteiger partial charge on any atom is 0.110 e. The Morgan fingerprint density at radius 1 is 0.900 bits per heavy atom. The largest absolute Gasteiger partial charge is 0.346 e. The summed E-state index contributed by atoms with van der Waals surface area (Å²) in [6, 6.07) is 21.3. The molecule has 0 unspecified atom stereocenters. The highest BCUT2D eigenvalue weighted by Gasteiger charge is 2.20. The van der Waals surface area contributed by atoms with E-state index in [4.69, 9.17) is 0 Å². The van der Waals surface area contributed by atoms with E-state index in [0.717, 1.165) is 4.48 Å². The van der Waals surface area contributed by atoms with E-state index in [0.29, 0.717) is 6.67 Å². The van der Waals surface area contributed by atoms with Gasteiger partial charge >= 0.3 is 0 Å². The molecule has 20 heavy (non-hydrogen) atoms. The molecule has 1 aliphatic heterocycles. The van der Waals surface area contributed by atoms with Crippen LogP contribution in [0, 0.1) is 0 Å². The average Bonchev–Trinajstić information content (AvgIpc) is 2.50. The first-order chi connectivity index (χ1) is 9.84. The van der Waals surface area contributed by atoms with Gasteiger partial charge in [0.15, 0.2) is 0 Å². The molecular formula is C17H15BrN2. The topological polar surface area (TPSA) is 15.6 Å². The van der Waals surface area contributed by atoms with Crippen molar-refractivity contribution in [3.05, 3.63) is 82.5 Å². The minimum atomic E-state index is 0.183. The fourth-order valence-electron chi connectivity index (χ4n) is 2.46. The van der Waals surface area contributed by atoms with Gasteiger partial charge in [0.25, 0.3) is 0 Å². The minimum Gasteiger partial charge on any atom is -0.346 e. The standard InChI is InChI=1S/C17H15BrN2/c18-16-11-19-13-20(12-16)17(14-7-3-1-4-8-14)15-9-5-2-6-10-15/h1-12,17H,13H2. The maximum absolute atomic E-state index is 4.40. The molecule has 0 aromatic heterocycles. The summed E-state index contributed by atoms with van der Waals surface area (Å²) >= 11 is 3.51. The molecule has 0 saturated carbocycles. The van der Waals surface area contributed by atoms with Crippen molar-refractivity contribution in [1.82, 2.24) is 4.90 Å². The maximum atomic E-state index is 4.40. The molecule has 0 atom stereocenters. The van der Waals surface area contributed by atoms with Crippen LogP contribution in [0.5, 0.6) is 0 Å². The Labute approximate surface area is 127 Å². The minimum absolute atomic E-state index is 0.183. The van der Waals surface area contributed by atoms with Crippen LogP contribution in [0.2, 0.25) is 0 Å². The SMILES string of the molecule is BrC1=CN(C(c2ccccc2)c2ccccc2)CN=C1. The number of rotatable bonds is 3. The molecule has 2 aromatic rings. The van der Waals surface area contributed by atoms with Crippen molar-refractivity contribution in [2.75, 3.05) is 6.67 Å². The first kappa shape index (κ1) is 13.1. The third kappa shape index (κ3) is 2.83. The van der Waals surface area contributed by atoms with E-state index < -0.39 is 0 Å². The van der Waals surface area contributed by atoms with Crippen molar-refractivity contribution in [3.63, 3.8) is 0 Å². The van der Waals surface area contributed by atoms with Gasteiger partial charge in [-0.25, -0.2) is 0 Å². The van der Waals surface area contributed by atoms with E-state index in [-0.39, 0.29) is 6.04 Å². The monoisotopic (exact) mass is 326 g/mol. The smallest absolute Gasteiger partial charge is 0.110 e. The molecule has 2 nitrogen and oxygen atoms in total. The lowest BCUT2D eigenvalue weighted by molar-refractivity contribution is 0.324. The van der Waals surface area contributed by atoms with Crippen LogP contribution in [0.1, 0.15) is 17.2 Å². The third-order valence-electron chi connectivity index (χ3n) is 3.31. The van der Waals surface area contributed by atoms with Gasteiger partial charge in [0.2, 0.25) is 0 Å². The Morgan fingerprint density at radius 3 is 1.95 bits per heavy atom. The molecule has 0 saturated heterocycles. The van der Waals surface area contributed by atoms with Crippen molar-refractivity contribution >= 4 is 22.1 Å². The highest BCUT2D eigenvalue weighted by molar-refractivity contribution is 9.12. The lowest BCUT2D eigenvalue weighted by Crippen LogP contribution is -2.27. The number of benzene rings is 2. The quantitative estimate of drug-likeness (QED) is 0.818.